The van der Waals surface area contributed by atoms with Gasteiger partial charge in [-0.25, -0.2) is 0 Å². The number of hydrogen-bond acceptors (Lipinski definition) is 3. The first kappa shape index (κ1) is 14.9. The maximum Gasteiger partial charge on any atom is 0.120 e. The zero-order valence-corrected chi connectivity index (χ0v) is 13.4. The normalized spacial score (nSPS) is 17.7. The van der Waals surface area contributed by atoms with Crippen molar-refractivity contribution in [2.45, 2.75) is 25.9 Å². The fourth-order valence-electron chi connectivity index (χ4n) is 3.01. The van der Waals surface area contributed by atoms with Crippen molar-refractivity contribution in [3.63, 3.8) is 0 Å². The molecule has 0 aromatic heterocycles. The number of rotatable bonds is 4. The number of hydrogen-bond donors (Lipinski definition) is 1. The molecule has 1 unspecified atom stereocenters. The van der Waals surface area contributed by atoms with Crippen molar-refractivity contribution in [2.75, 3.05) is 25.1 Å². The zero-order valence-electron chi connectivity index (χ0n) is 13.4. The van der Waals surface area contributed by atoms with E-state index in [2.05, 4.69) is 59.6 Å². The number of anilines is 1. The molecule has 2 aromatic carbocycles. The van der Waals surface area contributed by atoms with Crippen LogP contribution in [0.15, 0.2) is 48.5 Å². The molecule has 3 heteroatoms. The topological polar surface area (TPSA) is 24.5 Å². The molecule has 1 aliphatic rings. The predicted molar refractivity (Wildman–Crippen MR) is 91.7 cm³/mol. The summed E-state index contributed by atoms with van der Waals surface area (Å²) >= 11 is 0. The molecule has 3 rings (SSSR count). The average Bonchev–Trinajstić information content (AvgIpc) is 2.72. The lowest BCUT2D eigenvalue weighted by molar-refractivity contribution is 0.414. The molecular weight excluding hydrogens is 272 g/mol. The molecule has 0 saturated carbocycles. The van der Waals surface area contributed by atoms with Crippen LogP contribution < -0.4 is 15.0 Å². The van der Waals surface area contributed by atoms with E-state index in [1.165, 1.54) is 16.8 Å². The highest BCUT2D eigenvalue weighted by atomic mass is 16.5. The Hall–Kier alpha value is -2.00. The first-order valence-corrected chi connectivity index (χ1v) is 7.95. The van der Waals surface area contributed by atoms with E-state index in [-0.39, 0.29) is 0 Å². The third-order valence-electron chi connectivity index (χ3n) is 4.28. The van der Waals surface area contributed by atoms with Crippen molar-refractivity contribution < 1.29 is 4.74 Å². The number of fused-ring (bicyclic) bond motifs is 1. The van der Waals surface area contributed by atoms with Crippen LogP contribution in [0.1, 0.15) is 18.1 Å². The van der Waals surface area contributed by atoms with E-state index in [9.17, 15) is 0 Å². The highest BCUT2D eigenvalue weighted by Crippen LogP contribution is 2.28. The summed E-state index contributed by atoms with van der Waals surface area (Å²) in [4.78, 5) is 2.48. The molecule has 3 nitrogen and oxygen atoms in total. The Balaban J connectivity index is 1.82. The van der Waals surface area contributed by atoms with E-state index in [4.69, 9.17) is 4.74 Å². The molecule has 0 spiro atoms. The van der Waals surface area contributed by atoms with E-state index in [1.54, 1.807) is 7.11 Å². The zero-order chi connectivity index (χ0) is 15.4. The molecule has 0 aliphatic carbocycles. The van der Waals surface area contributed by atoms with Gasteiger partial charge in [-0.1, -0.05) is 36.4 Å². The van der Waals surface area contributed by atoms with E-state index < -0.39 is 0 Å². The standard InChI is InChI=1S/C19H24N2O/c1-15-14-21(11-10-16-6-4-3-5-7-16)19-12-18(22-2)9-8-17(19)13-20-15/h3-9,12,15,20H,10-11,13-14H2,1-2H3. The smallest absolute Gasteiger partial charge is 0.120 e. The molecule has 2 aromatic rings. The summed E-state index contributed by atoms with van der Waals surface area (Å²) in [7, 11) is 1.73. The van der Waals surface area contributed by atoms with Crippen molar-refractivity contribution in [2.24, 2.45) is 0 Å². The van der Waals surface area contributed by atoms with Crippen LogP contribution >= 0.6 is 0 Å². The Morgan fingerprint density at radius 3 is 2.77 bits per heavy atom. The summed E-state index contributed by atoms with van der Waals surface area (Å²) in [6.07, 6.45) is 1.06. The molecule has 0 radical (unpaired) electrons. The minimum Gasteiger partial charge on any atom is -0.497 e. The van der Waals surface area contributed by atoms with Crippen molar-refractivity contribution >= 4 is 5.69 Å². The van der Waals surface area contributed by atoms with E-state index >= 15 is 0 Å². The van der Waals surface area contributed by atoms with Gasteiger partial charge in [0.2, 0.25) is 0 Å². The van der Waals surface area contributed by atoms with Crippen LogP contribution in [0, 0.1) is 0 Å². The maximum atomic E-state index is 5.41. The SMILES string of the molecule is COc1ccc2c(c1)N(CCc1ccccc1)CC(C)NC2. The van der Waals surface area contributed by atoms with Gasteiger partial charge in [0, 0.05) is 37.4 Å². The molecule has 1 atom stereocenters. The monoisotopic (exact) mass is 296 g/mol. The first-order chi connectivity index (χ1) is 10.8. The van der Waals surface area contributed by atoms with E-state index in [0.717, 1.165) is 31.8 Å². The molecule has 0 fully saturated rings. The Bertz CT molecular complexity index is 612. The largest absolute Gasteiger partial charge is 0.497 e. The van der Waals surface area contributed by atoms with Gasteiger partial charge in [-0.05, 0) is 30.5 Å². The van der Waals surface area contributed by atoms with Crippen LogP contribution in [0.3, 0.4) is 0 Å². The number of nitrogens with zero attached hydrogens (tertiary/aromatic N) is 1. The third-order valence-corrected chi connectivity index (χ3v) is 4.28. The third kappa shape index (κ3) is 3.42. The lowest BCUT2D eigenvalue weighted by Gasteiger charge is -2.27. The second kappa shape index (κ2) is 6.84. The van der Waals surface area contributed by atoms with E-state index in [0.29, 0.717) is 6.04 Å². The minimum atomic E-state index is 0.481. The molecule has 1 aliphatic heterocycles. The van der Waals surface area contributed by atoms with Gasteiger partial charge < -0.3 is 15.0 Å². The molecule has 0 amide bonds. The summed E-state index contributed by atoms with van der Waals surface area (Å²) in [5, 5.41) is 3.58. The Labute approximate surface area is 132 Å². The van der Waals surface area contributed by atoms with Gasteiger partial charge in [-0.3, -0.25) is 0 Å². The fraction of sp³-hybridized carbons (Fsp3) is 0.368. The molecule has 0 bridgehead atoms. The van der Waals surface area contributed by atoms with E-state index in [1.807, 2.05) is 6.07 Å². The van der Waals surface area contributed by atoms with Crippen molar-refractivity contribution in [3.05, 3.63) is 59.7 Å². The Morgan fingerprint density at radius 1 is 1.18 bits per heavy atom. The molecule has 1 heterocycles. The van der Waals surface area contributed by atoms with Crippen LogP contribution in [0.5, 0.6) is 5.75 Å². The van der Waals surface area contributed by atoms with Crippen LogP contribution in [-0.2, 0) is 13.0 Å². The second-order valence-corrected chi connectivity index (χ2v) is 5.96. The van der Waals surface area contributed by atoms with Crippen molar-refractivity contribution in [1.82, 2.24) is 5.32 Å². The maximum absolute atomic E-state index is 5.41. The first-order valence-electron chi connectivity index (χ1n) is 7.95. The van der Waals surface area contributed by atoms with Gasteiger partial charge in [0.25, 0.3) is 0 Å². The Kier molecular flexibility index (Phi) is 4.64. The van der Waals surface area contributed by atoms with Gasteiger partial charge in [0.15, 0.2) is 0 Å². The van der Waals surface area contributed by atoms with Gasteiger partial charge in [0.1, 0.15) is 5.75 Å². The van der Waals surface area contributed by atoms with Gasteiger partial charge in [-0.15, -0.1) is 0 Å². The van der Waals surface area contributed by atoms with Gasteiger partial charge >= 0.3 is 0 Å². The van der Waals surface area contributed by atoms with Crippen LogP contribution in [0.4, 0.5) is 5.69 Å². The van der Waals surface area contributed by atoms with Crippen LogP contribution in [0.25, 0.3) is 0 Å². The number of nitrogens with one attached hydrogen (secondary N) is 1. The number of benzene rings is 2. The molecular formula is C19H24N2O. The summed E-state index contributed by atoms with van der Waals surface area (Å²) in [6, 6.07) is 17.6. The van der Waals surface area contributed by atoms with Crippen LogP contribution in [-0.4, -0.2) is 26.2 Å². The molecule has 0 saturated heterocycles. The average molecular weight is 296 g/mol. The number of ether oxygens (including phenoxy) is 1. The second-order valence-electron chi connectivity index (χ2n) is 5.96. The summed E-state index contributed by atoms with van der Waals surface area (Å²) < 4.78 is 5.41. The molecule has 22 heavy (non-hydrogen) atoms. The van der Waals surface area contributed by atoms with Crippen molar-refractivity contribution in [3.8, 4) is 5.75 Å². The fourth-order valence-corrected chi connectivity index (χ4v) is 3.01. The van der Waals surface area contributed by atoms with Gasteiger partial charge in [0.05, 0.1) is 7.11 Å². The predicted octanol–water partition coefficient (Wildman–Crippen LogP) is 3.24. The van der Waals surface area contributed by atoms with Gasteiger partial charge in [-0.2, -0.15) is 0 Å². The highest BCUT2D eigenvalue weighted by Gasteiger charge is 2.19. The molecule has 1 N–H and O–H groups in total. The lowest BCUT2D eigenvalue weighted by Crippen LogP contribution is -2.37. The quantitative estimate of drug-likeness (QED) is 0.937. The lowest BCUT2D eigenvalue weighted by atomic mass is 10.1. The Morgan fingerprint density at radius 2 is 2.00 bits per heavy atom. The van der Waals surface area contributed by atoms with Crippen molar-refractivity contribution in [1.29, 1.82) is 0 Å². The summed E-state index contributed by atoms with van der Waals surface area (Å²) in [5.41, 5.74) is 4.03. The van der Waals surface area contributed by atoms with Crippen LogP contribution in [0.2, 0.25) is 0 Å². The highest BCUT2D eigenvalue weighted by molar-refractivity contribution is 5.58. The summed E-state index contributed by atoms with van der Waals surface area (Å²) in [6.45, 7) is 5.21. The minimum absolute atomic E-state index is 0.481. The summed E-state index contributed by atoms with van der Waals surface area (Å²) in [5.74, 6) is 0.929. The number of methoxy groups -OCH3 is 1. The molecule has 116 valence electrons.